The molecule has 0 aromatic heterocycles. The van der Waals surface area contributed by atoms with Gasteiger partial charge in [0.15, 0.2) is 0 Å². The smallest absolute Gasteiger partial charge is 0.244 e. The molecule has 0 aliphatic rings. The second-order valence-corrected chi connectivity index (χ2v) is 3.90. The Morgan fingerprint density at radius 1 is 0.889 bits per heavy atom. The monoisotopic (exact) mass is 237 g/mol. The van der Waals surface area contributed by atoms with Crippen molar-refractivity contribution >= 4 is 11.5 Å². The van der Waals surface area contributed by atoms with E-state index in [-0.39, 0.29) is 5.91 Å². The van der Waals surface area contributed by atoms with Gasteiger partial charge in [-0.3, -0.25) is 4.79 Å². The van der Waals surface area contributed by atoms with Crippen molar-refractivity contribution in [2.75, 3.05) is 7.05 Å². The Balaban J connectivity index is 2.49. The van der Waals surface area contributed by atoms with Crippen molar-refractivity contribution in [1.82, 2.24) is 5.32 Å². The Morgan fingerprint density at radius 2 is 1.33 bits per heavy atom. The standard InChI is InChI=1S/C16H15NO/c1-17-16(18)12-15(13-8-4-2-5-9-13)14-10-6-3-7-11-14/h2-12H,1H3,(H,17,18). The van der Waals surface area contributed by atoms with Crippen LogP contribution in [0.15, 0.2) is 66.7 Å². The van der Waals surface area contributed by atoms with Crippen LogP contribution in [0, 0.1) is 0 Å². The van der Waals surface area contributed by atoms with Gasteiger partial charge in [0.1, 0.15) is 0 Å². The molecule has 0 bridgehead atoms. The summed E-state index contributed by atoms with van der Waals surface area (Å²) >= 11 is 0. The first-order valence-corrected chi connectivity index (χ1v) is 5.85. The fraction of sp³-hybridized carbons (Fsp3) is 0.0625. The van der Waals surface area contributed by atoms with E-state index in [4.69, 9.17) is 0 Å². The molecule has 0 aliphatic heterocycles. The van der Waals surface area contributed by atoms with Gasteiger partial charge in [0.05, 0.1) is 0 Å². The lowest BCUT2D eigenvalue weighted by atomic mass is 9.97. The van der Waals surface area contributed by atoms with E-state index in [1.807, 2.05) is 60.7 Å². The van der Waals surface area contributed by atoms with E-state index >= 15 is 0 Å². The molecule has 0 saturated heterocycles. The van der Waals surface area contributed by atoms with Crippen molar-refractivity contribution in [3.8, 4) is 0 Å². The molecule has 0 radical (unpaired) electrons. The molecular formula is C16H15NO. The zero-order valence-corrected chi connectivity index (χ0v) is 10.3. The van der Waals surface area contributed by atoms with Gasteiger partial charge in [0.25, 0.3) is 0 Å². The Kier molecular flexibility index (Phi) is 3.92. The highest BCUT2D eigenvalue weighted by atomic mass is 16.1. The number of carbonyl (C=O) groups excluding carboxylic acids is 1. The predicted molar refractivity (Wildman–Crippen MR) is 74.0 cm³/mol. The maximum absolute atomic E-state index is 11.6. The third-order valence-corrected chi connectivity index (χ3v) is 2.69. The zero-order chi connectivity index (χ0) is 12.8. The summed E-state index contributed by atoms with van der Waals surface area (Å²) in [6.45, 7) is 0. The molecule has 0 fully saturated rings. The van der Waals surface area contributed by atoms with Crippen LogP contribution in [0.4, 0.5) is 0 Å². The molecule has 18 heavy (non-hydrogen) atoms. The number of hydrogen-bond donors (Lipinski definition) is 1. The van der Waals surface area contributed by atoms with E-state index < -0.39 is 0 Å². The molecule has 1 N–H and O–H groups in total. The van der Waals surface area contributed by atoms with Crippen molar-refractivity contribution in [2.45, 2.75) is 0 Å². The van der Waals surface area contributed by atoms with Crippen LogP contribution in [-0.4, -0.2) is 13.0 Å². The first kappa shape index (κ1) is 12.1. The molecule has 0 aliphatic carbocycles. The number of nitrogens with one attached hydrogen (secondary N) is 1. The number of carbonyl (C=O) groups is 1. The molecule has 90 valence electrons. The average molecular weight is 237 g/mol. The summed E-state index contributed by atoms with van der Waals surface area (Å²) in [5, 5.41) is 2.62. The second kappa shape index (κ2) is 5.82. The van der Waals surface area contributed by atoms with E-state index in [1.165, 1.54) is 0 Å². The van der Waals surface area contributed by atoms with Gasteiger partial charge >= 0.3 is 0 Å². The third-order valence-electron chi connectivity index (χ3n) is 2.69. The maximum atomic E-state index is 11.6. The van der Waals surface area contributed by atoms with Crippen LogP contribution in [0.3, 0.4) is 0 Å². The molecule has 0 unspecified atom stereocenters. The van der Waals surface area contributed by atoms with Crippen molar-refractivity contribution in [2.24, 2.45) is 0 Å². The lowest BCUT2D eigenvalue weighted by molar-refractivity contribution is -0.116. The number of benzene rings is 2. The second-order valence-electron chi connectivity index (χ2n) is 3.90. The molecule has 2 rings (SSSR count). The molecule has 2 aromatic carbocycles. The molecule has 0 saturated carbocycles. The Labute approximate surface area is 107 Å². The summed E-state index contributed by atoms with van der Waals surface area (Å²) in [6, 6.07) is 19.8. The first-order valence-electron chi connectivity index (χ1n) is 5.85. The summed E-state index contributed by atoms with van der Waals surface area (Å²) in [4.78, 5) is 11.6. The zero-order valence-electron chi connectivity index (χ0n) is 10.3. The van der Waals surface area contributed by atoms with E-state index in [2.05, 4.69) is 5.32 Å². The van der Waals surface area contributed by atoms with Crippen LogP contribution in [0.5, 0.6) is 0 Å². The number of rotatable bonds is 3. The van der Waals surface area contributed by atoms with E-state index in [0.717, 1.165) is 16.7 Å². The van der Waals surface area contributed by atoms with Gasteiger partial charge in [0, 0.05) is 13.1 Å². The van der Waals surface area contributed by atoms with Gasteiger partial charge in [-0.2, -0.15) is 0 Å². The van der Waals surface area contributed by atoms with Gasteiger partial charge in [-0.05, 0) is 16.7 Å². The normalized spacial score (nSPS) is 9.61. The molecule has 2 nitrogen and oxygen atoms in total. The van der Waals surface area contributed by atoms with Crippen LogP contribution in [0.25, 0.3) is 5.57 Å². The molecule has 2 aromatic rings. The SMILES string of the molecule is CNC(=O)C=C(c1ccccc1)c1ccccc1. The molecule has 0 heterocycles. The predicted octanol–water partition coefficient (Wildman–Crippen LogP) is 2.86. The number of amides is 1. The fourth-order valence-corrected chi connectivity index (χ4v) is 1.77. The fourth-order valence-electron chi connectivity index (χ4n) is 1.77. The van der Waals surface area contributed by atoms with Crippen LogP contribution in [0.2, 0.25) is 0 Å². The molecule has 0 atom stereocenters. The van der Waals surface area contributed by atoms with Crippen LogP contribution in [-0.2, 0) is 4.79 Å². The van der Waals surface area contributed by atoms with Crippen molar-refractivity contribution in [1.29, 1.82) is 0 Å². The van der Waals surface area contributed by atoms with Crippen LogP contribution in [0.1, 0.15) is 11.1 Å². The van der Waals surface area contributed by atoms with Crippen molar-refractivity contribution < 1.29 is 4.79 Å². The first-order chi connectivity index (χ1) is 8.81. The minimum Gasteiger partial charge on any atom is -0.356 e. The Hall–Kier alpha value is -2.35. The van der Waals surface area contributed by atoms with E-state index in [9.17, 15) is 4.79 Å². The highest BCUT2D eigenvalue weighted by Gasteiger charge is 2.06. The topological polar surface area (TPSA) is 29.1 Å². The maximum Gasteiger partial charge on any atom is 0.244 e. The molecule has 2 heteroatoms. The van der Waals surface area contributed by atoms with Crippen LogP contribution >= 0.6 is 0 Å². The highest BCUT2D eigenvalue weighted by molar-refractivity contribution is 5.98. The average Bonchev–Trinajstić information content (AvgIpc) is 2.46. The third kappa shape index (κ3) is 2.86. The lowest BCUT2D eigenvalue weighted by Crippen LogP contribution is -2.15. The largest absolute Gasteiger partial charge is 0.356 e. The summed E-state index contributed by atoms with van der Waals surface area (Å²) in [6.07, 6.45) is 1.63. The van der Waals surface area contributed by atoms with Gasteiger partial charge in [-0.15, -0.1) is 0 Å². The summed E-state index contributed by atoms with van der Waals surface area (Å²) in [7, 11) is 1.63. The van der Waals surface area contributed by atoms with Gasteiger partial charge in [0.2, 0.25) is 5.91 Å². The quantitative estimate of drug-likeness (QED) is 0.817. The molecule has 1 amide bonds. The van der Waals surface area contributed by atoms with Crippen molar-refractivity contribution in [3.63, 3.8) is 0 Å². The minimum absolute atomic E-state index is 0.0993. The summed E-state index contributed by atoms with van der Waals surface area (Å²) in [5.41, 5.74) is 3.00. The number of likely N-dealkylation sites (N-methyl/N-ethyl adjacent to an activating group) is 1. The molecular weight excluding hydrogens is 222 g/mol. The minimum atomic E-state index is -0.0993. The van der Waals surface area contributed by atoms with Gasteiger partial charge in [-0.25, -0.2) is 0 Å². The number of hydrogen-bond acceptors (Lipinski definition) is 1. The van der Waals surface area contributed by atoms with E-state index in [0.29, 0.717) is 0 Å². The van der Waals surface area contributed by atoms with E-state index in [1.54, 1.807) is 13.1 Å². The highest BCUT2D eigenvalue weighted by Crippen LogP contribution is 2.22. The van der Waals surface area contributed by atoms with Gasteiger partial charge < -0.3 is 5.32 Å². The summed E-state index contributed by atoms with van der Waals surface area (Å²) in [5.74, 6) is -0.0993. The molecule has 0 spiro atoms. The lowest BCUT2D eigenvalue weighted by Gasteiger charge is -2.08. The summed E-state index contributed by atoms with van der Waals surface area (Å²) < 4.78 is 0. The van der Waals surface area contributed by atoms with Gasteiger partial charge in [-0.1, -0.05) is 60.7 Å². The van der Waals surface area contributed by atoms with Crippen molar-refractivity contribution in [3.05, 3.63) is 77.9 Å². The van der Waals surface area contributed by atoms with Crippen LogP contribution < -0.4 is 5.32 Å². The Bertz CT molecular complexity index is 502. The Morgan fingerprint density at radius 3 is 1.72 bits per heavy atom.